The van der Waals surface area contributed by atoms with Gasteiger partial charge in [-0.1, -0.05) is 0 Å². The maximum Gasteiger partial charge on any atom is 0.244 e. The van der Waals surface area contributed by atoms with E-state index in [0.717, 1.165) is 0 Å². The molecule has 4 N–H and O–H groups in total. The van der Waals surface area contributed by atoms with Crippen LogP contribution in [0.25, 0.3) is 0 Å². The monoisotopic (exact) mass is 292 g/mol. The third-order valence-corrected chi connectivity index (χ3v) is 5.52. The van der Waals surface area contributed by atoms with E-state index in [-0.39, 0.29) is 16.2 Å². The highest BCUT2D eigenvalue weighted by Gasteiger charge is 2.26. The molecule has 1 aromatic heterocycles. The molecule has 6 nitrogen and oxygen atoms in total. The lowest BCUT2D eigenvalue weighted by atomic mass is 10.2. The van der Waals surface area contributed by atoms with Gasteiger partial charge in [-0.05, 0) is 27.0 Å². The Labute approximate surface area is 112 Å². The van der Waals surface area contributed by atoms with Crippen molar-refractivity contribution < 1.29 is 8.42 Å². The van der Waals surface area contributed by atoms with Crippen LogP contribution in [-0.4, -0.2) is 36.2 Å². The third kappa shape index (κ3) is 3.47. The predicted molar refractivity (Wildman–Crippen MR) is 74.0 cm³/mol. The van der Waals surface area contributed by atoms with E-state index in [1.807, 2.05) is 20.1 Å². The van der Waals surface area contributed by atoms with Crippen molar-refractivity contribution in [2.45, 2.75) is 37.0 Å². The van der Waals surface area contributed by atoms with Gasteiger partial charge in [0.1, 0.15) is 4.90 Å². The van der Waals surface area contributed by atoms with Crippen LogP contribution in [0.2, 0.25) is 0 Å². The third-order valence-electron chi connectivity index (χ3n) is 2.66. The summed E-state index contributed by atoms with van der Waals surface area (Å²) in [5.74, 6) is 0. The highest BCUT2D eigenvalue weighted by Crippen LogP contribution is 2.22. The highest BCUT2D eigenvalue weighted by molar-refractivity contribution is 8.00. The minimum atomic E-state index is -3.57. The second kappa shape index (κ2) is 5.60. The van der Waals surface area contributed by atoms with Crippen molar-refractivity contribution in [1.29, 1.82) is 0 Å². The van der Waals surface area contributed by atoms with E-state index in [4.69, 9.17) is 5.73 Å². The van der Waals surface area contributed by atoms with E-state index in [2.05, 4.69) is 14.9 Å². The van der Waals surface area contributed by atoms with Crippen molar-refractivity contribution in [3.8, 4) is 0 Å². The van der Waals surface area contributed by atoms with Gasteiger partial charge in [-0.25, -0.2) is 13.1 Å². The van der Waals surface area contributed by atoms with Crippen molar-refractivity contribution >= 4 is 21.8 Å². The summed E-state index contributed by atoms with van der Waals surface area (Å²) in [6, 6.07) is 0. The molecular weight excluding hydrogens is 272 g/mol. The number of rotatable bonds is 6. The number of aryl methyl sites for hydroxylation is 1. The molecule has 0 atom stereocenters. The molecule has 0 fully saturated rings. The zero-order valence-corrected chi connectivity index (χ0v) is 12.7. The Morgan fingerprint density at radius 3 is 2.61 bits per heavy atom. The molecule has 0 radical (unpaired) electrons. The van der Waals surface area contributed by atoms with Crippen molar-refractivity contribution in [1.82, 2.24) is 14.9 Å². The molecule has 1 rings (SSSR count). The van der Waals surface area contributed by atoms with Crippen LogP contribution < -0.4 is 10.5 Å². The summed E-state index contributed by atoms with van der Waals surface area (Å²) < 4.78 is 26.9. The number of nitrogens with two attached hydrogens (primary N) is 1. The second-order valence-electron chi connectivity index (χ2n) is 4.62. The lowest BCUT2D eigenvalue weighted by molar-refractivity contribution is 0.569. The molecule has 0 unspecified atom stereocenters. The zero-order chi connectivity index (χ0) is 14.0. The fraction of sp³-hybridized carbons (Fsp3) is 0.700. The fourth-order valence-corrected chi connectivity index (χ4v) is 3.27. The first kappa shape index (κ1) is 15.5. The molecule has 18 heavy (non-hydrogen) atoms. The maximum atomic E-state index is 12.2. The molecule has 0 spiro atoms. The first-order valence-corrected chi connectivity index (χ1v) is 8.23. The minimum Gasteiger partial charge on any atom is -0.325 e. The predicted octanol–water partition coefficient (Wildman–Crippen LogP) is 0.597. The molecule has 0 aromatic carbocycles. The van der Waals surface area contributed by atoms with Crippen LogP contribution in [0.1, 0.15) is 25.2 Å². The molecule has 0 aliphatic carbocycles. The second-order valence-corrected chi connectivity index (χ2v) is 7.83. The van der Waals surface area contributed by atoms with Crippen molar-refractivity contribution in [2.75, 3.05) is 12.8 Å². The number of H-pyrrole nitrogens is 1. The Balaban J connectivity index is 2.97. The first-order valence-electron chi connectivity index (χ1n) is 5.52. The van der Waals surface area contributed by atoms with E-state index in [1.165, 1.54) is 0 Å². The molecule has 0 aliphatic rings. The number of hydrogen-bond donors (Lipinski definition) is 3. The average molecular weight is 292 g/mol. The van der Waals surface area contributed by atoms with Gasteiger partial charge >= 0.3 is 0 Å². The zero-order valence-electron chi connectivity index (χ0n) is 11.1. The summed E-state index contributed by atoms with van der Waals surface area (Å²) in [5, 5.41) is 6.54. The summed E-state index contributed by atoms with van der Waals surface area (Å²) in [6.07, 6.45) is 1.95. The van der Waals surface area contributed by atoms with E-state index in [1.54, 1.807) is 18.7 Å². The van der Waals surface area contributed by atoms with E-state index >= 15 is 0 Å². The molecular formula is C10H20N4O2S2. The van der Waals surface area contributed by atoms with Gasteiger partial charge in [0.15, 0.2) is 0 Å². The Kier molecular flexibility index (Phi) is 4.82. The number of hydrogen-bond acceptors (Lipinski definition) is 5. The molecule has 0 saturated carbocycles. The number of nitrogens with one attached hydrogen (secondary N) is 2. The van der Waals surface area contributed by atoms with Gasteiger partial charge in [0.05, 0.1) is 11.4 Å². The molecule has 0 saturated heterocycles. The SMILES string of the molecule is CSC(C)(C)CNS(=O)(=O)c1c(CN)n[nH]c1C. The molecule has 104 valence electrons. The lowest BCUT2D eigenvalue weighted by Crippen LogP contribution is -2.36. The topological polar surface area (TPSA) is 101 Å². The smallest absolute Gasteiger partial charge is 0.244 e. The molecule has 8 heteroatoms. The number of nitrogens with zero attached hydrogens (tertiary/aromatic N) is 1. The van der Waals surface area contributed by atoms with Crippen molar-refractivity contribution in [3.63, 3.8) is 0 Å². The highest BCUT2D eigenvalue weighted by atomic mass is 32.2. The summed E-state index contributed by atoms with van der Waals surface area (Å²) >= 11 is 1.60. The lowest BCUT2D eigenvalue weighted by Gasteiger charge is -2.22. The average Bonchev–Trinajstić information content (AvgIpc) is 2.69. The summed E-state index contributed by atoms with van der Waals surface area (Å²) in [6.45, 7) is 6.07. The van der Waals surface area contributed by atoms with Crippen LogP contribution >= 0.6 is 11.8 Å². The van der Waals surface area contributed by atoms with E-state index in [9.17, 15) is 8.42 Å². The van der Waals surface area contributed by atoms with Crippen LogP contribution in [0.3, 0.4) is 0 Å². The van der Waals surface area contributed by atoms with Crippen LogP contribution in [-0.2, 0) is 16.6 Å². The number of aromatic nitrogens is 2. The molecule has 1 aromatic rings. The van der Waals surface area contributed by atoms with Gasteiger partial charge in [-0.15, -0.1) is 0 Å². The number of thioether (sulfide) groups is 1. The number of sulfonamides is 1. The van der Waals surface area contributed by atoms with Crippen LogP contribution in [0.5, 0.6) is 0 Å². The Bertz CT molecular complexity index is 508. The molecule has 0 bridgehead atoms. The molecule has 0 aliphatic heterocycles. The normalized spacial score (nSPS) is 12.9. The van der Waals surface area contributed by atoms with E-state index in [0.29, 0.717) is 17.9 Å². The van der Waals surface area contributed by atoms with Crippen molar-refractivity contribution in [3.05, 3.63) is 11.4 Å². The van der Waals surface area contributed by atoms with Gasteiger partial charge in [0.25, 0.3) is 0 Å². The van der Waals surface area contributed by atoms with Gasteiger partial charge in [-0.3, -0.25) is 5.10 Å². The van der Waals surface area contributed by atoms with Gasteiger partial charge in [0.2, 0.25) is 10.0 Å². The van der Waals surface area contributed by atoms with E-state index < -0.39 is 10.0 Å². The Morgan fingerprint density at radius 2 is 2.11 bits per heavy atom. The Morgan fingerprint density at radius 1 is 1.50 bits per heavy atom. The Hall–Kier alpha value is -0.570. The van der Waals surface area contributed by atoms with Gasteiger partial charge in [-0.2, -0.15) is 16.9 Å². The van der Waals surface area contributed by atoms with Gasteiger partial charge in [0, 0.05) is 17.8 Å². The summed E-state index contributed by atoms with van der Waals surface area (Å²) in [7, 11) is -3.57. The largest absolute Gasteiger partial charge is 0.325 e. The van der Waals surface area contributed by atoms with Crippen LogP contribution in [0.4, 0.5) is 0 Å². The van der Waals surface area contributed by atoms with Crippen LogP contribution in [0.15, 0.2) is 4.90 Å². The standard InChI is InChI=1S/C10H20N4O2S2/c1-7-9(8(5-11)14-13-7)18(15,16)12-6-10(2,3)17-4/h12H,5-6,11H2,1-4H3,(H,13,14). The van der Waals surface area contributed by atoms with Crippen LogP contribution in [0, 0.1) is 6.92 Å². The molecule has 1 heterocycles. The van der Waals surface area contributed by atoms with Gasteiger partial charge < -0.3 is 5.73 Å². The number of aromatic amines is 1. The maximum absolute atomic E-state index is 12.2. The van der Waals surface area contributed by atoms with Crippen molar-refractivity contribution in [2.24, 2.45) is 5.73 Å². The first-order chi connectivity index (χ1) is 8.23. The summed E-state index contributed by atoms with van der Waals surface area (Å²) in [4.78, 5) is 0.168. The quantitative estimate of drug-likeness (QED) is 0.712. The molecule has 0 amide bonds. The minimum absolute atomic E-state index is 0.0898. The summed E-state index contributed by atoms with van der Waals surface area (Å²) in [5.41, 5.74) is 6.36. The fourth-order valence-electron chi connectivity index (χ4n) is 1.38.